The molecule has 192 valence electrons. The Morgan fingerprint density at radius 2 is 2.03 bits per heavy atom. The molecule has 2 aromatic carbocycles. The number of allylic oxidation sites excluding steroid dienone is 3. The van der Waals surface area contributed by atoms with Gasteiger partial charge in [0.15, 0.2) is 0 Å². The number of aliphatic imine (C=N–C) groups is 1. The molecule has 1 N–H and O–H groups in total. The van der Waals surface area contributed by atoms with Gasteiger partial charge in [0, 0.05) is 47.0 Å². The minimum Gasteiger partial charge on any atom is -0.491 e. The zero-order valence-corrected chi connectivity index (χ0v) is 22.4. The van der Waals surface area contributed by atoms with Gasteiger partial charge in [0.2, 0.25) is 0 Å². The largest absolute Gasteiger partial charge is 0.491 e. The zero-order chi connectivity index (χ0) is 25.8. The number of hydrogen-bond donors (Lipinski definition) is 1. The minimum absolute atomic E-state index is 0.216. The molecule has 2 aromatic rings. The second kappa shape index (κ2) is 11.5. The van der Waals surface area contributed by atoms with Crippen molar-refractivity contribution in [1.82, 2.24) is 4.90 Å². The summed E-state index contributed by atoms with van der Waals surface area (Å²) in [7, 11) is 0. The van der Waals surface area contributed by atoms with Gasteiger partial charge in [0.05, 0.1) is 11.6 Å². The van der Waals surface area contributed by atoms with Crippen molar-refractivity contribution in [3.8, 4) is 5.75 Å². The number of nitrogens with zero attached hydrogens (tertiary/aromatic N) is 2. The van der Waals surface area contributed by atoms with Gasteiger partial charge in [0.25, 0.3) is 0 Å². The number of halogens is 1. The van der Waals surface area contributed by atoms with E-state index in [2.05, 4.69) is 49.1 Å². The summed E-state index contributed by atoms with van der Waals surface area (Å²) >= 11 is 1.58. The third-order valence-corrected chi connectivity index (χ3v) is 8.33. The van der Waals surface area contributed by atoms with Gasteiger partial charge in [-0.3, -0.25) is 10.4 Å². The second-order valence-corrected chi connectivity index (χ2v) is 11.0. The first kappa shape index (κ1) is 25.5. The van der Waals surface area contributed by atoms with Crippen LogP contribution in [0.5, 0.6) is 5.75 Å². The van der Waals surface area contributed by atoms with Crippen molar-refractivity contribution in [3.05, 3.63) is 94.6 Å². The smallest absolute Gasteiger partial charge is 0.124 e. The van der Waals surface area contributed by atoms with E-state index in [0.717, 1.165) is 66.4 Å². The van der Waals surface area contributed by atoms with Crippen LogP contribution in [0.25, 0.3) is 4.91 Å². The zero-order valence-electron chi connectivity index (χ0n) is 21.6. The molecule has 6 heteroatoms. The summed E-state index contributed by atoms with van der Waals surface area (Å²) in [6.07, 6.45) is 11.0. The number of hydrogen-bond acceptors (Lipinski definition) is 5. The Labute approximate surface area is 223 Å². The van der Waals surface area contributed by atoms with Crippen molar-refractivity contribution < 1.29 is 9.13 Å². The predicted octanol–water partition coefficient (Wildman–Crippen LogP) is 7.77. The van der Waals surface area contributed by atoms with Gasteiger partial charge in [-0.1, -0.05) is 49.0 Å². The molecular formula is C31H34FN3OS. The molecule has 4 nitrogen and oxygen atoms in total. The van der Waals surface area contributed by atoms with E-state index >= 15 is 0 Å². The number of fused-ring (bicyclic) bond motifs is 1. The summed E-state index contributed by atoms with van der Waals surface area (Å²) in [6, 6.07) is 13.3. The van der Waals surface area contributed by atoms with E-state index in [1.807, 2.05) is 18.3 Å². The SMILES string of the molecule is CCC1C=CN=C(C)C(Cc2ccc(F)cc2)=C1N1CCOc2ccc(C3=CCCCC(=N)S3)cc2C1. The van der Waals surface area contributed by atoms with Gasteiger partial charge in [-0.25, -0.2) is 4.39 Å². The molecule has 0 saturated carbocycles. The maximum atomic E-state index is 13.6. The van der Waals surface area contributed by atoms with Gasteiger partial charge < -0.3 is 9.64 Å². The Morgan fingerprint density at radius 1 is 1.19 bits per heavy atom. The monoisotopic (exact) mass is 515 g/mol. The maximum Gasteiger partial charge on any atom is 0.124 e. The number of ether oxygens (including phenoxy) is 1. The normalized spacial score (nSPS) is 20.4. The molecule has 3 aliphatic rings. The molecule has 37 heavy (non-hydrogen) atoms. The third kappa shape index (κ3) is 5.90. The molecule has 1 unspecified atom stereocenters. The highest BCUT2D eigenvalue weighted by Gasteiger charge is 2.27. The minimum atomic E-state index is -0.216. The van der Waals surface area contributed by atoms with Crippen molar-refractivity contribution in [2.75, 3.05) is 13.2 Å². The Bertz CT molecular complexity index is 1290. The van der Waals surface area contributed by atoms with Gasteiger partial charge in [-0.15, -0.1) is 0 Å². The number of thioether (sulfide) groups is 1. The fourth-order valence-corrected chi connectivity index (χ4v) is 6.23. The van der Waals surface area contributed by atoms with Crippen molar-refractivity contribution in [2.24, 2.45) is 10.9 Å². The molecule has 0 saturated heterocycles. The lowest BCUT2D eigenvalue weighted by atomic mass is 9.91. The van der Waals surface area contributed by atoms with Gasteiger partial charge in [-0.2, -0.15) is 0 Å². The lowest BCUT2D eigenvalue weighted by molar-refractivity contribution is 0.249. The third-order valence-electron chi connectivity index (χ3n) is 7.25. The lowest BCUT2D eigenvalue weighted by Gasteiger charge is -2.32. The highest BCUT2D eigenvalue weighted by molar-refractivity contribution is 8.21. The summed E-state index contributed by atoms with van der Waals surface area (Å²) in [4.78, 5) is 8.37. The van der Waals surface area contributed by atoms with Crippen molar-refractivity contribution in [3.63, 3.8) is 0 Å². The van der Waals surface area contributed by atoms with E-state index in [1.165, 1.54) is 33.9 Å². The van der Waals surface area contributed by atoms with Crippen LogP contribution in [0.1, 0.15) is 56.2 Å². The molecule has 0 spiro atoms. The molecule has 1 atom stereocenters. The molecule has 0 aromatic heterocycles. The lowest BCUT2D eigenvalue weighted by Crippen LogP contribution is -2.31. The van der Waals surface area contributed by atoms with Crippen LogP contribution in [0.3, 0.4) is 0 Å². The molecule has 0 radical (unpaired) electrons. The molecular weight excluding hydrogens is 481 g/mol. The molecule has 3 heterocycles. The first-order chi connectivity index (χ1) is 18.0. The second-order valence-electron chi connectivity index (χ2n) is 9.82. The van der Waals surface area contributed by atoms with Crippen molar-refractivity contribution in [1.29, 1.82) is 5.41 Å². The van der Waals surface area contributed by atoms with Crippen LogP contribution in [0.4, 0.5) is 4.39 Å². The molecule has 0 aliphatic carbocycles. The molecule has 3 aliphatic heterocycles. The number of rotatable bonds is 5. The van der Waals surface area contributed by atoms with E-state index < -0.39 is 0 Å². The van der Waals surface area contributed by atoms with Crippen molar-refractivity contribution in [2.45, 2.75) is 52.5 Å². The average Bonchev–Trinajstić information content (AvgIpc) is 3.31. The standard InChI is InChI=1S/C31H34FN3OS/c1-3-23-14-15-34-21(2)27(18-22-8-11-26(32)12-9-22)31(23)35-16-17-36-28-13-10-24(19-25(28)20-35)29-6-4-5-7-30(33)37-29/h6,8-15,19,23,33H,3-5,7,16-18,20H2,1-2H3. The summed E-state index contributed by atoms with van der Waals surface area (Å²) in [5, 5.41) is 8.99. The van der Waals surface area contributed by atoms with E-state index in [4.69, 9.17) is 15.1 Å². The van der Waals surface area contributed by atoms with Crippen LogP contribution in [0.15, 0.2) is 77.1 Å². The topological polar surface area (TPSA) is 48.7 Å². The van der Waals surface area contributed by atoms with E-state index in [9.17, 15) is 4.39 Å². The summed E-state index contributed by atoms with van der Waals surface area (Å²) < 4.78 is 19.8. The maximum absolute atomic E-state index is 13.6. The van der Waals surface area contributed by atoms with Crippen LogP contribution in [0.2, 0.25) is 0 Å². The summed E-state index contributed by atoms with van der Waals surface area (Å²) in [5.41, 5.74) is 6.90. The van der Waals surface area contributed by atoms with Crippen LogP contribution >= 0.6 is 11.8 Å². The summed E-state index contributed by atoms with van der Waals surface area (Å²) in [6.45, 7) is 6.44. The Kier molecular flexibility index (Phi) is 7.94. The highest BCUT2D eigenvalue weighted by atomic mass is 32.2. The van der Waals surface area contributed by atoms with Gasteiger partial charge in [-0.05, 0) is 73.6 Å². The van der Waals surface area contributed by atoms with Crippen molar-refractivity contribution >= 4 is 27.4 Å². The molecule has 0 amide bonds. The number of benzene rings is 2. The highest BCUT2D eigenvalue weighted by Crippen LogP contribution is 2.38. The fraction of sp³-hybridized carbons (Fsp3) is 0.355. The Balaban J connectivity index is 1.53. The van der Waals surface area contributed by atoms with E-state index in [0.29, 0.717) is 13.0 Å². The molecule has 0 bridgehead atoms. The summed E-state index contributed by atoms with van der Waals surface area (Å²) in [5.74, 6) is 0.956. The Hall–Kier alpha value is -3.12. The van der Waals surface area contributed by atoms with Gasteiger partial charge in [0.1, 0.15) is 18.2 Å². The van der Waals surface area contributed by atoms with Crippen LogP contribution in [0, 0.1) is 17.1 Å². The average molecular weight is 516 g/mol. The van der Waals surface area contributed by atoms with Crippen LogP contribution in [-0.2, 0) is 13.0 Å². The molecule has 5 rings (SSSR count). The van der Waals surface area contributed by atoms with Crippen LogP contribution in [-0.4, -0.2) is 28.8 Å². The predicted molar refractivity (Wildman–Crippen MR) is 153 cm³/mol. The van der Waals surface area contributed by atoms with Crippen LogP contribution < -0.4 is 4.74 Å². The van der Waals surface area contributed by atoms with E-state index in [-0.39, 0.29) is 11.7 Å². The molecule has 0 fully saturated rings. The van der Waals surface area contributed by atoms with Gasteiger partial charge >= 0.3 is 0 Å². The first-order valence-corrected chi connectivity index (χ1v) is 14.0. The quantitative estimate of drug-likeness (QED) is 0.443. The Morgan fingerprint density at radius 3 is 2.84 bits per heavy atom. The fourth-order valence-electron chi connectivity index (χ4n) is 5.27. The van der Waals surface area contributed by atoms with E-state index in [1.54, 1.807) is 11.8 Å². The first-order valence-electron chi connectivity index (χ1n) is 13.2. The number of nitrogens with one attached hydrogen (secondary N) is 1.